The highest BCUT2D eigenvalue weighted by atomic mass is 35.5. The van der Waals surface area contributed by atoms with Crippen molar-refractivity contribution in [2.75, 3.05) is 4.90 Å². The second-order valence-electron chi connectivity index (χ2n) is 5.76. The first-order valence-electron chi connectivity index (χ1n) is 7.19. The number of nitrogens with zero attached hydrogens (tertiary/aromatic N) is 1. The molecule has 21 heavy (non-hydrogen) atoms. The van der Waals surface area contributed by atoms with E-state index >= 15 is 0 Å². The first kappa shape index (κ1) is 14.2. The minimum Gasteiger partial charge on any atom is -0.304 e. The van der Waals surface area contributed by atoms with Crippen molar-refractivity contribution < 1.29 is 4.79 Å². The molecule has 0 saturated carbocycles. The van der Waals surface area contributed by atoms with Crippen LogP contribution in [0.25, 0.3) is 0 Å². The van der Waals surface area contributed by atoms with Gasteiger partial charge in [0.1, 0.15) is 0 Å². The van der Waals surface area contributed by atoms with Crippen LogP contribution in [0, 0.1) is 0 Å². The number of hydrogen-bond donors (Lipinski definition) is 0. The predicted octanol–water partition coefficient (Wildman–Crippen LogP) is 4.71. The van der Waals surface area contributed by atoms with E-state index in [1.54, 1.807) is 0 Å². The number of halogens is 1. The van der Waals surface area contributed by atoms with Crippen LogP contribution in [-0.2, 0) is 12.4 Å². The average molecular weight is 300 g/mol. The molecule has 0 atom stereocenters. The summed E-state index contributed by atoms with van der Waals surface area (Å²) in [4.78, 5) is 14.4. The summed E-state index contributed by atoms with van der Waals surface area (Å²) in [6.45, 7) is 4.97. The molecule has 1 heterocycles. The van der Waals surface area contributed by atoms with Crippen LogP contribution >= 0.6 is 11.6 Å². The molecule has 0 aliphatic carbocycles. The van der Waals surface area contributed by atoms with E-state index in [1.165, 1.54) is 5.56 Å². The van der Waals surface area contributed by atoms with E-state index in [0.717, 1.165) is 22.4 Å². The third kappa shape index (κ3) is 2.56. The van der Waals surface area contributed by atoms with Gasteiger partial charge in [0.2, 0.25) is 0 Å². The summed E-state index contributed by atoms with van der Waals surface area (Å²) < 4.78 is 0. The molecule has 108 valence electrons. The van der Waals surface area contributed by atoms with Gasteiger partial charge in [0.05, 0.1) is 6.54 Å². The molecule has 0 saturated heterocycles. The van der Waals surface area contributed by atoms with Crippen LogP contribution in [0.5, 0.6) is 0 Å². The molecular weight excluding hydrogens is 282 g/mol. The van der Waals surface area contributed by atoms with Gasteiger partial charge in [-0.3, -0.25) is 4.79 Å². The van der Waals surface area contributed by atoms with E-state index in [2.05, 4.69) is 26.0 Å². The van der Waals surface area contributed by atoms with E-state index in [9.17, 15) is 4.79 Å². The van der Waals surface area contributed by atoms with Gasteiger partial charge in [0.25, 0.3) is 5.91 Å². The number of carbonyl (C=O) groups excluding carboxylic acids is 1. The van der Waals surface area contributed by atoms with E-state index in [4.69, 9.17) is 11.6 Å². The monoisotopic (exact) mass is 299 g/mol. The Kier molecular flexibility index (Phi) is 3.73. The predicted molar refractivity (Wildman–Crippen MR) is 87.0 cm³/mol. The topological polar surface area (TPSA) is 20.3 Å². The Morgan fingerprint density at radius 1 is 1.14 bits per heavy atom. The molecule has 0 N–H and O–H groups in total. The lowest BCUT2D eigenvalue weighted by molar-refractivity contribution is 0.0996. The maximum atomic E-state index is 12.6. The molecule has 1 aliphatic heterocycles. The fourth-order valence-electron chi connectivity index (χ4n) is 2.68. The van der Waals surface area contributed by atoms with Gasteiger partial charge >= 0.3 is 0 Å². The number of hydrogen-bond acceptors (Lipinski definition) is 1. The van der Waals surface area contributed by atoms with Gasteiger partial charge in [-0.2, -0.15) is 0 Å². The first-order valence-corrected chi connectivity index (χ1v) is 7.73. The number of carbonyl (C=O) groups is 1. The third-order valence-electron chi connectivity index (χ3n) is 4.00. The minimum atomic E-state index is 0.0641. The summed E-state index contributed by atoms with van der Waals surface area (Å²) in [5.74, 6) is 0.995. The van der Waals surface area contributed by atoms with Crippen LogP contribution in [0.1, 0.15) is 46.8 Å². The number of rotatable bonds is 3. The van der Waals surface area contributed by atoms with Crippen LogP contribution in [0.2, 0.25) is 0 Å². The van der Waals surface area contributed by atoms with Gasteiger partial charge < -0.3 is 4.90 Å². The number of anilines is 1. The molecule has 3 rings (SSSR count). The maximum absolute atomic E-state index is 12.6. The van der Waals surface area contributed by atoms with Crippen molar-refractivity contribution in [2.24, 2.45) is 0 Å². The molecule has 0 spiro atoms. The molecule has 2 aromatic rings. The van der Waals surface area contributed by atoms with Crippen molar-refractivity contribution in [3.8, 4) is 0 Å². The Morgan fingerprint density at radius 2 is 1.86 bits per heavy atom. The van der Waals surface area contributed by atoms with Crippen molar-refractivity contribution in [2.45, 2.75) is 32.2 Å². The van der Waals surface area contributed by atoms with Gasteiger partial charge in [0, 0.05) is 17.1 Å². The average Bonchev–Trinajstić information content (AvgIpc) is 2.84. The van der Waals surface area contributed by atoms with Crippen LogP contribution in [0.4, 0.5) is 5.69 Å². The summed E-state index contributed by atoms with van der Waals surface area (Å²) in [6, 6.07) is 14.2. The van der Waals surface area contributed by atoms with Crippen molar-refractivity contribution in [3.05, 3.63) is 64.7 Å². The molecule has 3 heteroatoms. The number of benzene rings is 2. The van der Waals surface area contributed by atoms with Gasteiger partial charge in [-0.25, -0.2) is 0 Å². The van der Waals surface area contributed by atoms with Gasteiger partial charge in [0.15, 0.2) is 0 Å². The second kappa shape index (κ2) is 5.53. The minimum absolute atomic E-state index is 0.0641. The van der Waals surface area contributed by atoms with Gasteiger partial charge in [-0.05, 0) is 40.8 Å². The van der Waals surface area contributed by atoms with E-state index in [0.29, 0.717) is 18.3 Å². The van der Waals surface area contributed by atoms with Crippen molar-refractivity contribution in [3.63, 3.8) is 0 Å². The SMILES string of the molecule is CC(C)c1ccc(N2Cc3ccc(CCl)cc3C2=O)cc1. The summed E-state index contributed by atoms with van der Waals surface area (Å²) in [5, 5.41) is 0. The summed E-state index contributed by atoms with van der Waals surface area (Å²) in [7, 11) is 0. The van der Waals surface area contributed by atoms with E-state index in [-0.39, 0.29) is 5.91 Å². The number of fused-ring (bicyclic) bond motifs is 1. The Hall–Kier alpha value is -1.80. The number of alkyl halides is 1. The van der Waals surface area contributed by atoms with E-state index in [1.807, 2.05) is 35.2 Å². The zero-order valence-corrected chi connectivity index (χ0v) is 13.0. The summed E-state index contributed by atoms with van der Waals surface area (Å²) in [6.07, 6.45) is 0. The summed E-state index contributed by atoms with van der Waals surface area (Å²) >= 11 is 5.85. The van der Waals surface area contributed by atoms with Gasteiger partial charge in [-0.15, -0.1) is 11.6 Å². The molecular formula is C18H18ClNO. The highest BCUT2D eigenvalue weighted by Gasteiger charge is 2.28. The van der Waals surface area contributed by atoms with Crippen LogP contribution in [-0.4, -0.2) is 5.91 Å². The molecule has 0 aromatic heterocycles. The maximum Gasteiger partial charge on any atom is 0.258 e. The van der Waals surface area contributed by atoms with E-state index < -0.39 is 0 Å². The Balaban J connectivity index is 1.90. The van der Waals surface area contributed by atoms with Crippen LogP contribution < -0.4 is 4.90 Å². The molecule has 0 bridgehead atoms. The molecule has 2 aromatic carbocycles. The van der Waals surface area contributed by atoms with Gasteiger partial charge in [-0.1, -0.05) is 38.1 Å². The fourth-order valence-corrected chi connectivity index (χ4v) is 2.85. The normalized spacial score (nSPS) is 13.9. The van der Waals surface area contributed by atoms with Crippen molar-refractivity contribution >= 4 is 23.2 Å². The number of amides is 1. The van der Waals surface area contributed by atoms with Crippen LogP contribution in [0.3, 0.4) is 0 Å². The summed E-state index contributed by atoms with van der Waals surface area (Å²) in [5.41, 5.74) is 5.07. The molecule has 1 amide bonds. The Morgan fingerprint density at radius 3 is 2.48 bits per heavy atom. The Bertz CT molecular complexity index is 676. The highest BCUT2D eigenvalue weighted by molar-refractivity contribution is 6.17. The Labute approximate surface area is 130 Å². The zero-order chi connectivity index (χ0) is 15.0. The highest BCUT2D eigenvalue weighted by Crippen LogP contribution is 2.30. The molecule has 1 aliphatic rings. The molecule has 0 unspecified atom stereocenters. The third-order valence-corrected chi connectivity index (χ3v) is 4.31. The molecule has 0 fully saturated rings. The largest absolute Gasteiger partial charge is 0.304 e. The van der Waals surface area contributed by atoms with Crippen LogP contribution in [0.15, 0.2) is 42.5 Å². The lowest BCUT2D eigenvalue weighted by Crippen LogP contribution is -2.22. The second-order valence-corrected chi connectivity index (χ2v) is 6.03. The fraction of sp³-hybridized carbons (Fsp3) is 0.278. The lowest BCUT2D eigenvalue weighted by Gasteiger charge is -2.16. The molecule has 2 nitrogen and oxygen atoms in total. The zero-order valence-electron chi connectivity index (χ0n) is 12.3. The van der Waals surface area contributed by atoms with Crippen molar-refractivity contribution in [1.29, 1.82) is 0 Å². The first-order chi connectivity index (χ1) is 10.1. The molecule has 0 radical (unpaired) electrons. The lowest BCUT2D eigenvalue weighted by atomic mass is 10.0. The standard InChI is InChI=1S/C18H18ClNO/c1-12(2)14-5-7-16(8-6-14)20-11-15-4-3-13(10-19)9-17(15)18(20)21/h3-9,12H,10-11H2,1-2H3. The van der Waals surface area contributed by atoms with Crippen molar-refractivity contribution in [1.82, 2.24) is 0 Å². The smallest absolute Gasteiger partial charge is 0.258 e. The quantitative estimate of drug-likeness (QED) is 0.752.